The van der Waals surface area contributed by atoms with Gasteiger partial charge in [0.15, 0.2) is 8.32 Å². The summed E-state index contributed by atoms with van der Waals surface area (Å²) < 4.78 is 34.3. The van der Waals surface area contributed by atoms with Crippen molar-refractivity contribution in [1.29, 1.82) is 0 Å². The molecular weight excluding hydrogens is 316 g/mol. The van der Waals surface area contributed by atoms with Crippen LogP contribution in [0.2, 0.25) is 18.1 Å². The Hall–Kier alpha value is -0.693. The largest absolute Gasteiger partial charge is 0.414 e. The standard InChI is InChI=1S/C16H28O4SSi/c1-16(2,3)22(5,6)19-13-15(20-21(4,17)18)12-14-10-8-7-9-11-14/h7-11,15H,12-13H2,1-6H3/t15-/m0/s1. The Morgan fingerprint density at radius 1 is 1.14 bits per heavy atom. The van der Waals surface area contributed by atoms with Crippen LogP contribution >= 0.6 is 0 Å². The van der Waals surface area contributed by atoms with Gasteiger partial charge in [-0.1, -0.05) is 51.1 Å². The van der Waals surface area contributed by atoms with E-state index in [0.29, 0.717) is 13.0 Å². The van der Waals surface area contributed by atoms with E-state index in [-0.39, 0.29) is 5.04 Å². The number of hydrogen-bond donors (Lipinski definition) is 0. The molecule has 0 N–H and O–H groups in total. The van der Waals surface area contributed by atoms with Crippen molar-refractivity contribution >= 4 is 18.4 Å². The maximum atomic E-state index is 11.5. The molecule has 1 atom stereocenters. The summed E-state index contributed by atoms with van der Waals surface area (Å²) in [5, 5.41) is 0.0788. The van der Waals surface area contributed by atoms with Gasteiger partial charge in [-0.15, -0.1) is 0 Å². The second-order valence-corrected chi connectivity index (χ2v) is 13.6. The summed E-state index contributed by atoms with van der Waals surface area (Å²) >= 11 is 0. The Kier molecular flexibility index (Phi) is 6.38. The van der Waals surface area contributed by atoms with Gasteiger partial charge in [0.2, 0.25) is 0 Å². The molecule has 0 fully saturated rings. The van der Waals surface area contributed by atoms with Gasteiger partial charge in [0.05, 0.1) is 12.9 Å². The summed E-state index contributed by atoms with van der Waals surface area (Å²) in [6.07, 6.45) is 1.10. The van der Waals surface area contributed by atoms with Crippen LogP contribution in [0.1, 0.15) is 26.3 Å². The van der Waals surface area contributed by atoms with Gasteiger partial charge in [-0.25, -0.2) is 0 Å². The zero-order valence-corrected chi connectivity index (χ0v) is 16.2. The minimum absolute atomic E-state index is 0.0788. The van der Waals surface area contributed by atoms with Crippen molar-refractivity contribution in [2.45, 2.75) is 51.4 Å². The molecule has 1 aromatic rings. The summed E-state index contributed by atoms with van der Waals surface area (Å²) in [6.45, 7) is 11.0. The summed E-state index contributed by atoms with van der Waals surface area (Å²) in [6, 6.07) is 9.72. The van der Waals surface area contributed by atoms with E-state index in [4.69, 9.17) is 8.61 Å². The first-order valence-electron chi connectivity index (χ1n) is 7.47. The highest BCUT2D eigenvalue weighted by Crippen LogP contribution is 2.36. The van der Waals surface area contributed by atoms with Gasteiger partial charge >= 0.3 is 0 Å². The summed E-state index contributed by atoms with van der Waals surface area (Å²) in [5.74, 6) is 0. The normalized spacial score (nSPS) is 14.8. The average Bonchev–Trinajstić information content (AvgIpc) is 2.34. The topological polar surface area (TPSA) is 52.6 Å². The van der Waals surface area contributed by atoms with Gasteiger partial charge in [-0.3, -0.25) is 4.18 Å². The Morgan fingerprint density at radius 3 is 2.14 bits per heavy atom. The molecule has 4 nitrogen and oxygen atoms in total. The Balaban J connectivity index is 2.79. The van der Waals surface area contributed by atoms with Crippen LogP contribution in [0.4, 0.5) is 0 Å². The van der Waals surface area contributed by atoms with Crippen LogP contribution in [0.3, 0.4) is 0 Å². The van der Waals surface area contributed by atoms with E-state index < -0.39 is 24.5 Å². The SMILES string of the molecule is CC(C)(C)[Si](C)(C)OC[C@H](Cc1ccccc1)OS(C)(=O)=O. The van der Waals surface area contributed by atoms with Gasteiger partial charge in [0.1, 0.15) is 6.10 Å². The van der Waals surface area contributed by atoms with Gasteiger partial charge in [-0.2, -0.15) is 8.42 Å². The molecule has 0 aliphatic carbocycles. The third-order valence-corrected chi connectivity index (χ3v) is 9.18. The van der Waals surface area contributed by atoms with Crippen molar-refractivity contribution in [3.05, 3.63) is 35.9 Å². The monoisotopic (exact) mass is 344 g/mol. The number of hydrogen-bond acceptors (Lipinski definition) is 4. The van der Waals surface area contributed by atoms with Crippen molar-refractivity contribution < 1.29 is 17.0 Å². The maximum absolute atomic E-state index is 11.5. The lowest BCUT2D eigenvalue weighted by molar-refractivity contribution is 0.127. The minimum Gasteiger partial charge on any atom is -0.414 e. The predicted molar refractivity (Wildman–Crippen MR) is 93.0 cm³/mol. The van der Waals surface area contributed by atoms with Crippen molar-refractivity contribution in [1.82, 2.24) is 0 Å². The molecule has 1 aromatic carbocycles. The molecule has 0 aliphatic heterocycles. The van der Waals surface area contributed by atoms with Crippen LogP contribution in [-0.2, 0) is 25.1 Å². The van der Waals surface area contributed by atoms with E-state index in [9.17, 15) is 8.42 Å². The third kappa shape index (κ3) is 6.60. The molecule has 0 aromatic heterocycles. The van der Waals surface area contributed by atoms with Crippen LogP contribution < -0.4 is 0 Å². The molecule has 0 aliphatic rings. The first-order valence-corrected chi connectivity index (χ1v) is 12.2. The second-order valence-electron chi connectivity index (χ2n) is 7.18. The fraction of sp³-hybridized carbons (Fsp3) is 0.625. The summed E-state index contributed by atoms with van der Waals surface area (Å²) in [4.78, 5) is 0. The molecule has 6 heteroatoms. The van der Waals surface area contributed by atoms with Crippen molar-refractivity contribution in [3.63, 3.8) is 0 Å². The molecule has 22 heavy (non-hydrogen) atoms. The van der Waals surface area contributed by atoms with Gasteiger partial charge in [0.25, 0.3) is 10.1 Å². The third-order valence-electron chi connectivity index (χ3n) is 4.05. The molecule has 0 amide bonds. The highest BCUT2D eigenvalue weighted by Gasteiger charge is 2.37. The molecular formula is C16H28O4SSi. The average molecular weight is 345 g/mol. The second kappa shape index (κ2) is 7.25. The van der Waals surface area contributed by atoms with E-state index in [1.807, 2.05) is 30.3 Å². The molecule has 1 rings (SSSR count). The fourth-order valence-corrected chi connectivity index (χ4v) is 3.42. The van der Waals surface area contributed by atoms with E-state index in [2.05, 4.69) is 33.9 Å². The van der Waals surface area contributed by atoms with Crippen LogP contribution in [0.25, 0.3) is 0 Å². The van der Waals surface area contributed by atoms with Crippen molar-refractivity contribution in [2.24, 2.45) is 0 Å². The van der Waals surface area contributed by atoms with Gasteiger partial charge < -0.3 is 4.43 Å². The van der Waals surface area contributed by atoms with Crippen LogP contribution in [0, 0.1) is 0 Å². The fourth-order valence-electron chi connectivity index (χ4n) is 1.76. The lowest BCUT2D eigenvalue weighted by atomic mass is 10.1. The molecule has 0 spiro atoms. The predicted octanol–water partition coefficient (Wildman–Crippen LogP) is 3.60. The van der Waals surface area contributed by atoms with Gasteiger partial charge in [-0.05, 0) is 23.7 Å². The molecule has 0 unspecified atom stereocenters. The lowest BCUT2D eigenvalue weighted by Crippen LogP contribution is -2.43. The number of benzene rings is 1. The van der Waals surface area contributed by atoms with Crippen LogP contribution in [-0.4, -0.2) is 35.7 Å². The maximum Gasteiger partial charge on any atom is 0.264 e. The van der Waals surface area contributed by atoms with Gasteiger partial charge in [0, 0.05) is 6.42 Å². The van der Waals surface area contributed by atoms with E-state index >= 15 is 0 Å². The van der Waals surface area contributed by atoms with E-state index in [1.54, 1.807) is 0 Å². The summed E-state index contributed by atoms with van der Waals surface area (Å²) in [7, 11) is -5.45. The summed E-state index contributed by atoms with van der Waals surface area (Å²) in [5.41, 5.74) is 1.04. The molecule has 0 radical (unpaired) electrons. The Morgan fingerprint density at radius 2 is 1.68 bits per heavy atom. The van der Waals surface area contributed by atoms with Crippen LogP contribution in [0.15, 0.2) is 30.3 Å². The highest BCUT2D eigenvalue weighted by atomic mass is 32.2. The van der Waals surface area contributed by atoms with Crippen LogP contribution in [0.5, 0.6) is 0 Å². The first-order chi connectivity index (χ1) is 9.91. The molecule has 0 bridgehead atoms. The molecule has 0 saturated carbocycles. The lowest BCUT2D eigenvalue weighted by Gasteiger charge is -2.37. The first kappa shape index (κ1) is 19.4. The Bertz CT molecular complexity index is 562. The van der Waals surface area contributed by atoms with Crippen molar-refractivity contribution in [2.75, 3.05) is 12.9 Å². The molecule has 126 valence electrons. The smallest absolute Gasteiger partial charge is 0.264 e. The quantitative estimate of drug-likeness (QED) is 0.560. The van der Waals surface area contributed by atoms with E-state index in [1.165, 1.54) is 0 Å². The molecule has 0 heterocycles. The Labute approximate surface area is 136 Å². The minimum atomic E-state index is -3.51. The highest BCUT2D eigenvalue weighted by molar-refractivity contribution is 7.86. The van der Waals surface area contributed by atoms with Crippen molar-refractivity contribution in [3.8, 4) is 0 Å². The number of rotatable bonds is 7. The zero-order valence-electron chi connectivity index (χ0n) is 14.4. The van der Waals surface area contributed by atoms with E-state index in [0.717, 1.165) is 11.8 Å². The zero-order chi connectivity index (χ0) is 17.0. The molecule has 0 saturated heterocycles.